The molecule has 0 bridgehead atoms. The molecule has 2 aromatic rings. The van der Waals surface area contributed by atoms with Crippen LogP contribution in [0.4, 0.5) is 11.4 Å². The maximum absolute atomic E-state index is 6.09. The number of halogens is 1. The number of rotatable bonds is 5. The fraction of sp³-hybridized carbons (Fsp3) is 0.294. The molecular formula is C17H21BrN2O. The second kappa shape index (κ2) is 6.85. The van der Waals surface area contributed by atoms with E-state index < -0.39 is 0 Å². The maximum Gasteiger partial charge on any atom is 0.122 e. The third-order valence-electron chi connectivity index (χ3n) is 3.74. The summed E-state index contributed by atoms with van der Waals surface area (Å²) < 4.78 is 6.45. The van der Waals surface area contributed by atoms with Crippen LogP contribution in [-0.4, -0.2) is 20.2 Å². The van der Waals surface area contributed by atoms with Gasteiger partial charge in [0, 0.05) is 17.6 Å². The Bertz CT molecular complexity index is 615. The van der Waals surface area contributed by atoms with E-state index in [4.69, 9.17) is 10.5 Å². The lowest BCUT2D eigenvalue weighted by Gasteiger charge is -2.29. The van der Waals surface area contributed by atoms with Gasteiger partial charge in [-0.1, -0.05) is 34.1 Å². The molecule has 21 heavy (non-hydrogen) atoms. The molecular weight excluding hydrogens is 328 g/mol. The van der Waals surface area contributed by atoms with Gasteiger partial charge in [0.15, 0.2) is 0 Å². The predicted octanol–water partition coefficient (Wildman–Crippen LogP) is 4.11. The Morgan fingerprint density at radius 2 is 1.95 bits per heavy atom. The molecule has 0 saturated heterocycles. The Morgan fingerprint density at radius 3 is 2.67 bits per heavy atom. The number of hydrogen-bond acceptors (Lipinski definition) is 3. The van der Waals surface area contributed by atoms with Crippen molar-refractivity contribution >= 4 is 27.3 Å². The molecule has 0 aliphatic rings. The molecule has 3 nitrogen and oxygen atoms in total. The molecule has 2 aromatic carbocycles. The number of ether oxygens (including phenoxy) is 1. The van der Waals surface area contributed by atoms with Crippen LogP contribution < -0.4 is 15.4 Å². The second-order valence-corrected chi connectivity index (χ2v) is 6.09. The predicted molar refractivity (Wildman–Crippen MR) is 93.1 cm³/mol. The number of nitrogens with two attached hydrogens (primary N) is 1. The average Bonchev–Trinajstić information content (AvgIpc) is 2.49. The first-order valence-electron chi connectivity index (χ1n) is 6.92. The number of para-hydroxylation sites is 1. The molecule has 2 N–H and O–H groups in total. The summed E-state index contributed by atoms with van der Waals surface area (Å²) in [6, 6.07) is 14.4. The first-order valence-corrected chi connectivity index (χ1v) is 7.72. The first kappa shape index (κ1) is 15.7. The Hall–Kier alpha value is -1.68. The molecule has 0 fully saturated rings. The van der Waals surface area contributed by atoms with E-state index in [1.807, 2.05) is 36.4 Å². The summed E-state index contributed by atoms with van der Waals surface area (Å²) in [6.07, 6.45) is 0.895. The van der Waals surface area contributed by atoms with Crippen LogP contribution in [0.25, 0.3) is 0 Å². The second-order valence-electron chi connectivity index (χ2n) is 5.18. The minimum atomic E-state index is 0.304. The van der Waals surface area contributed by atoms with Gasteiger partial charge in [-0.05, 0) is 43.2 Å². The molecule has 0 aromatic heterocycles. The minimum Gasteiger partial charge on any atom is -0.496 e. The van der Waals surface area contributed by atoms with Crippen molar-refractivity contribution in [3.05, 3.63) is 52.5 Å². The summed E-state index contributed by atoms with van der Waals surface area (Å²) in [5.41, 5.74) is 9.11. The van der Waals surface area contributed by atoms with Crippen LogP contribution in [0.1, 0.15) is 12.5 Å². The summed E-state index contributed by atoms with van der Waals surface area (Å²) in [4.78, 5) is 2.20. The zero-order valence-electron chi connectivity index (χ0n) is 12.6. The highest BCUT2D eigenvalue weighted by Crippen LogP contribution is 2.29. The monoisotopic (exact) mass is 348 g/mol. The summed E-state index contributed by atoms with van der Waals surface area (Å²) in [6.45, 7) is 2.19. The Balaban J connectivity index is 2.19. The number of hydrogen-bond donors (Lipinski definition) is 1. The quantitative estimate of drug-likeness (QED) is 0.826. The molecule has 4 heteroatoms. The average molecular weight is 349 g/mol. The van der Waals surface area contributed by atoms with Crippen molar-refractivity contribution in [3.63, 3.8) is 0 Å². The van der Waals surface area contributed by atoms with Crippen molar-refractivity contribution in [2.24, 2.45) is 0 Å². The van der Waals surface area contributed by atoms with E-state index in [-0.39, 0.29) is 0 Å². The van der Waals surface area contributed by atoms with Crippen LogP contribution in [-0.2, 0) is 6.42 Å². The van der Waals surface area contributed by atoms with Crippen molar-refractivity contribution < 1.29 is 4.74 Å². The lowest BCUT2D eigenvalue weighted by molar-refractivity contribution is 0.408. The molecule has 2 rings (SSSR count). The van der Waals surface area contributed by atoms with Crippen molar-refractivity contribution in [1.29, 1.82) is 0 Å². The van der Waals surface area contributed by atoms with Crippen molar-refractivity contribution in [1.82, 2.24) is 0 Å². The Kier molecular flexibility index (Phi) is 5.12. The first-order chi connectivity index (χ1) is 10.0. The van der Waals surface area contributed by atoms with Gasteiger partial charge in [-0.15, -0.1) is 0 Å². The van der Waals surface area contributed by atoms with Gasteiger partial charge in [-0.2, -0.15) is 0 Å². The number of nitrogens with zero attached hydrogens (tertiary/aromatic N) is 1. The molecule has 1 atom stereocenters. The highest BCUT2D eigenvalue weighted by atomic mass is 79.9. The van der Waals surface area contributed by atoms with E-state index >= 15 is 0 Å². The maximum atomic E-state index is 6.09. The topological polar surface area (TPSA) is 38.5 Å². The van der Waals surface area contributed by atoms with E-state index in [0.717, 1.165) is 28.0 Å². The van der Waals surface area contributed by atoms with Gasteiger partial charge < -0.3 is 15.4 Å². The van der Waals surface area contributed by atoms with Crippen LogP contribution in [0.5, 0.6) is 5.75 Å². The molecule has 0 aliphatic heterocycles. The highest BCUT2D eigenvalue weighted by molar-refractivity contribution is 9.10. The smallest absolute Gasteiger partial charge is 0.122 e. The summed E-state index contributed by atoms with van der Waals surface area (Å²) in [5, 5.41) is 0. The van der Waals surface area contributed by atoms with E-state index in [2.05, 4.69) is 40.9 Å². The standard InChI is InChI=1S/C17H21BrN2O/c1-12(10-13-6-4-5-7-17(13)21-3)20(2)16-11-14(18)8-9-15(16)19/h4-9,11-12H,10,19H2,1-3H3. The Morgan fingerprint density at radius 1 is 1.24 bits per heavy atom. The molecule has 0 radical (unpaired) electrons. The Labute approximate surface area is 134 Å². The third-order valence-corrected chi connectivity index (χ3v) is 4.23. The fourth-order valence-corrected chi connectivity index (χ4v) is 2.74. The van der Waals surface area contributed by atoms with Crippen LogP contribution in [0.2, 0.25) is 0 Å². The van der Waals surface area contributed by atoms with E-state index in [9.17, 15) is 0 Å². The molecule has 0 amide bonds. The van der Waals surface area contributed by atoms with E-state index in [0.29, 0.717) is 6.04 Å². The molecule has 1 unspecified atom stereocenters. The van der Waals surface area contributed by atoms with Gasteiger partial charge in [0.05, 0.1) is 18.5 Å². The SMILES string of the molecule is COc1ccccc1CC(C)N(C)c1cc(Br)ccc1N. The van der Waals surface area contributed by atoms with Crippen LogP contribution in [0, 0.1) is 0 Å². The van der Waals surface area contributed by atoms with Crippen molar-refractivity contribution in [2.45, 2.75) is 19.4 Å². The van der Waals surface area contributed by atoms with Gasteiger partial charge in [0.25, 0.3) is 0 Å². The normalized spacial score (nSPS) is 12.0. The summed E-state index contributed by atoms with van der Waals surface area (Å²) in [7, 11) is 3.78. The lowest BCUT2D eigenvalue weighted by Crippen LogP contribution is -2.31. The summed E-state index contributed by atoms with van der Waals surface area (Å²) in [5.74, 6) is 0.931. The number of benzene rings is 2. The highest BCUT2D eigenvalue weighted by Gasteiger charge is 2.15. The van der Waals surface area contributed by atoms with Gasteiger partial charge in [-0.3, -0.25) is 0 Å². The van der Waals surface area contributed by atoms with Gasteiger partial charge in [0.2, 0.25) is 0 Å². The van der Waals surface area contributed by atoms with Crippen LogP contribution >= 0.6 is 15.9 Å². The van der Waals surface area contributed by atoms with Crippen molar-refractivity contribution in [3.8, 4) is 5.75 Å². The third kappa shape index (κ3) is 3.70. The number of nitrogen functional groups attached to an aromatic ring is 1. The molecule has 112 valence electrons. The number of methoxy groups -OCH3 is 1. The largest absolute Gasteiger partial charge is 0.496 e. The van der Waals surface area contributed by atoms with Crippen molar-refractivity contribution in [2.75, 3.05) is 24.8 Å². The molecule has 0 spiro atoms. The van der Waals surface area contributed by atoms with E-state index in [1.54, 1.807) is 7.11 Å². The van der Waals surface area contributed by atoms with Gasteiger partial charge >= 0.3 is 0 Å². The molecule has 0 aliphatic carbocycles. The zero-order valence-corrected chi connectivity index (χ0v) is 14.2. The van der Waals surface area contributed by atoms with Gasteiger partial charge in [0.1, 0.15) is 5.75 Å². The molecule has 0 saturated carbocycles. The zero-order chi connectivity index (χ0) is 15.4. The molecule has 0 heterocycles. The van der Waals surface area contributed by atoms with Gasteiger partial charge in [-0.25, -0.2) is 0 Å². The van der Waals surface area contributed by atoms with Crippen LogP contribution in [0.3, 0.4) is 0 Å². The number of anilines is 2. The lowest BCUT2D eigenvalue weighted by atomic mass is 10.0. The van der Waals surface area contributed by atoms with E-state index in [1.165, 1.54) is 5.56 Å². The fourth-order valence-electron chi connectivity index (χ4n) is 2.39. The minimum absolute atomic E-state index is 0.304. The number of likely N-dealkylation sites (N-methyl/N-ethyl adjacent to an activating group) is 1. The van der Waals surface area contributed by atoms with Crippen LogP contribution in [0.15, 0.2) is 46.9 Å². The summed E-state index contributed by atoms with van der Waals surface area (Å²) >= 11 is 3.50.